The Balaban J connectivity index is 3.23. The highest BCUT2D eigenvalue weighted by atomic mass is 16.5. The third kappa shape index (κ3) is 12.3. The average Bonchev–Trinajstić information content (AvgIpc) is 2.34. The van der Waals surface area contributed by atoms with Crippen molar-refractivity contribution in [1.29, 1.82) is 0 Å². The molecule has 110 valence electrons. The normalized spacial score (nSPS) is 12.0. The first kappa shape index (κ1) is 17.9. The molecule has 0 aliphatic rings. The Labute approximate surface area is 113 Å². The van der Waals surface area contributed by atoms with Crippen LogP contribution in [0.1, 0.15) is 78.1 Å². The summed E-state index contributed by atoms with van der Waals surface area (Å²) in [5, 5.41) is 22.2. The van der Waals surface area contributed by atoms with Gasteiger partial charge in [0, 0.05) is 13.0 Å². The molecule has 0 atom stereocenters. The minimum Gasteiger partial charge on any atom is -0.365 e. The van der Waals surface area contributed by atoms with Crippen molar-refractivity contribution in [2.24, 2.45) is 0 Å². The predicted molar refractivity (Wildman–Crippen MR) is 77.6 cm³/mol. The van der Waals surface area contributed by atoms with Crippen LogP contribution in [-0.2, 0) is 0 Å². The van der Waals surface area contributed by atoms with Crippen LogP contribution < -0.4 is 5.32 Å². The molecule has 0 unspecified atom stereocenters. The molecule has 0 aliphatic heterocycles. The third-order valence-corrected chi connectivity index (χ3v) is 3.34. The summed E-state index contributed by atoms with van der Waals surface area (Å²) >= 11 is 0. The maximum Gasteiger partial charge on any atom is 0.175 e. The lowest BCUT2D eigenvalue weighted by Crippen LogP contribution is -2.40. The fourth-order valence-corrected chi connectivity index (χ4v) is 2.13. The second-order valence-electron chi connectivity index (χ2n) is 5.34. The van der Waals surface area contributed by atoms with E-state index in [9.17, 15) is 10.2 Å². The van der Waals surface area contributed by atoms with Crippen molar-refractivity contribution in [1.82, 2.24) is 5.32 Å². The van der Waals surface area contributed by atoms with Crippen molar-refractivity contribution >= 4 is 0 Å². The molecule has 3 nitrogen and oxygen atoms in total. The average molecular weight is 259 g/mol. The molecule has 0 fully saturated rings. The Morgan fingerprint density at radius 3 is 1.78 bits per heavy atom. The largest absolute Gasteiger partial charge is 0.365 e. The Bertz CT molecular complexity index is 172. The van der Waals surface area contributed by atoms with Crippen LogP contribution in [-0.4, -0.2) is 29.1 Å². The van der Waals surface area contributed by atoms with Crippen molar-refractivity contribution in [3.63, 3.8) is 0 Å². The summed E-state index contributed by atoms with van der Waals surface area (Å²) < 4.78 is 0. The number of rotatable bonds is 13. The van der Waals surface area contributed by atoms with Crippen LogP contribution in [0.3, 0.4) is 0 Å². The molecule has 0 aromatic rings. The summed E-state index contributed by atoms with van der Waals surface area (Å²) in [4.78, 5) is 0. The van der Waals surface area contributed by atoms with E-state index in [4.69, 9.17) is 0 Å². The van der Waals surface area contributed by atoms with E-state index in [1.165, 1.54) is 44.9 Å². The minimum atomic E-state index is -1.52. The number of hydrogen-bond acceptors (Lipinski definition) is 3. The Morgan fingerprint density at radius 2 is 1.28 bits per heavy atom. The third-order valence-electron chi connectivity index (χ3n) is 3.34. The lowest BCUT2D eigenvalue weighted by Gasteiger charge is -2.21. The number of hydrogen-bond donors (Lipinski definition) is 3. The van der Waals surface area contributed by atoms with E-state index in [0.29, 0.717) is 6.42 Å². The molecule has 0 bridgehead atoms. The summed E-state index contributed by atoms with van der Waals surface area (Å²) in [6.07, 6.45) is 11.8. The highest BCUT2D eigenvalue weighted by Crippen LogP contribution is 2.14. The maximum atomic E-state index is 9.64. The van der Waals surface area contributed by atoms with E-state index in [0.717, 1.165) is 19.4 Å². The Morgan fingerprint density at radius 1 is 0.778 bits per heavy atom. The summed E-state index contributed by atoms with van der Waals surface area (Å²) in [6.45, 7) is 5.26. The molecule has 0 amide bonds. The molecule has 0 saturated heterocycles. The Kier molecular flexibility index (Phi) is 11.9. The summed E-state index contributed by atoms with van der Waals surface area (Å²) in [6, 6.07) is 0. The smallest absolute Gasteiger partial charge is 0.175 e. The standard InChI is InChI=1S/C15H33NO2/c1-3-5-6-7-8-9-10-11-12-13-15(17,18)14-16-4-2/h16-18H,3-14H2,1-2H3. The minimum absolute atomic E-state index is 0.278. The quantitative estimate of drug-likeness (QED) is 0.352. The van der Waals surface area contributed by atoms with Gasteiger partial charge in [-0.25, -0.2) is 0 Å². The first-order valence-corrected chi connectivity index (χ1v) is 7.78. The first-order chi connectivity index (χ1) is 8.62. The molecule has 18 heavy (non-hydrogen) atoms. The maximum absolute atomic E-state index is 9.64. The summed E-state index contributed by atoms with van der Waals surface area (Å²) in [5.74, 6) is -1.52. The van der Waals surface area contributed by atoms with Crippen LogP contribution in [0.5, 0.6) is 0 Å². The topological polar surface area (TPSA) is 52.5 Å². The van der Waals surface area contributed by atoms with Crippen molar-refractivity contribution in [2.45, 2.75) is 83.8 Å². The van der Waals surface area contributed by atoms with Gasteiger partial charge in [-0.2, -0.15) is 0 Å². The Hall–Kier alpha value is -0.120. The van der Waals surface area contributed by atoms with Gasteiger partial charge in [-0.1, -0.05) is 65.2 Å². The molecule has 0 aliphatic carbocycles. The van der Waals surface area contributed by atoms with Crippen LogP contribution in [0, 0.1) is 0 Å². The zero-order valence-corrected chi connectivity index (χ0v) is 12.4. The molecule has 0 aromatic carbocycles. The fourth-order valence-electron chi connectivity index (χ4n) is 2.13. The van der Waals surface area contributed by atoms with Gasteiger partial charge in [0.25, 0.3) is 0 Å². The number of nitrogens with one attached hydrogen (secondary N) is 1. The van der Waals surface area contributed by atoms with E-state index in [2.05, 4.69) is 12.2 Å². The number of unbranched alkanes of at least 4 members (excludes halogenated alkanes) is 8. The molecule has 3 N–H and O–H groups in total. The van der Waals surface area contributed by atoms with E-state index < -0.39 is 5.79 Å². The van der Waals surface area contributed by atoms with Gasteiger partial charge in [-0.15, -0.1) is 0 Å². The lowest BCUT2D eigenvalue weighted by molar-refractivity contribution is -0.162. The second-order valence-corrected chi connectivity index (χ2v) is 5.34. The predicted octanol–water partition coefficient (Wildman–Crippen LogP) is 3.20. The van der Waals surface area contributed by atoms with Gasteiger partial charge >= 0.3 is 0 Å². The molecule has 0 spiro atoms. The molecule has 0 rings (SSSR count). The fraction of sp³-hybridized carbons (Fsp3) is 1.00. The van der Waals surface area contributed by atoms with Crippen molar-refractivity contribution < 1.29 is 10.2 Å². The van der Waals surface area contributed by atoms with Crippen LogP contribution in [0.2, 0.25) is 0 Å². The number of likely N-dealkylation sites (N-methyl/N-ethyl adjacent to an activating group) is 1. The number of aliphatic hydroxyl groups is 2. The van der Waals surface area contributed by atoms with Crippen molar-refractivity contribution in [3.05, 3.63) is 0 Å². The van der Waals surface area contributed by atoms with Crippen LogP contribution in [0.25, 0.3) is 0 Å². The molecule has 0 saturated carbocycles. The van der Waals surface area contributed by atoms with E-state index in [1.54, 1.807) is 0 Å². The highest BCUT2D eigenvalue weighted by Gasteiger charge is 2.20. The SMILES string of the molecule is CCCCCCCCCCCC(O)(O)CNCC. The van der Waals surface area contributed by atoms with Gasteiger partial charge < -0.3 is 15.5 Å². The molecule has 0 heterocycles. The van der Waals surface area contributed by atoms with Gasteiger partial charge in [0.05, 0.1) is 0 Å². The van der Waals surface area contributed by atoms with Gasteiger partial charge in [0.2, 0.25) is 0 Å². The molecular weight excluding hydrogens is 226 g/mol. The summed E-state index contributed by atoms with van der Waals surface area (Å²) in [5.41, 5.74) is 0. The zero-order chi connectivity index (χ0) is 13.7. The van der Waals surface area contributed by atoms with E-state index in [-0.39, 0.29) is 6.54 Å². The monoisotopic (exact) mass is 259 g/mol. The van der Waals surface area contributed by atoms with E-state index in [1.807, 2.05) is 6.92 Å². The van der Waals surface area contributed by atoms with Gasteiger partial charge in [-0.3, -0.25) is 0 Å². The van der Waals surface area contributed by atoms with Gasteiger partial charge in [0.15, 0.2) is 5.79 Å². The highest BCUT2D eigenvalue weighted by molar-refractivity contribution is 4.67. The van der Waals surface area contributed by atoms with Crippen molar-refractivity contribution in [2.75, 3.05) is 13.1 Å². The van der Waals surface area contributed by atoms with Crippen molar-refractivity contribution in [3.8, 4) is 0 Å². The van der Waals surface area contributed by atoms with Crippen LogP contribution in [0.4, 0.5) is 0 Å². The lowest BCUT2D eigenvalue weighted by atomic mass is 10.0. The molecule has 3 heteroatoms. The van der Waals surface area contributed by atoms with Gasteiger partial charge in [-0.05, 0) is 13.0 Å². The summed E-state index contributed by atoms with van der Waals surface area (Å²) in [7, 11) is 0. The molecular formula is C15H33NO2. The second kappa shape index (κ2) is 11.9. The molecule has 0 radical (unpaired) electrons. The van der Waals surface area contributed by atoms with E-state index >= 15 is 0 Å². The zero-order valence-electron chi connectivity index (χ0n) is 12.4. The van der Waals surface area contributed by atoms with Crippen LogP contribution >= 0.6 is 0 Å². The van der Waals surface area contributed by atoms with Crippen LogP contribution in [0.15, 0.2) is 0 Å². The van der Waals surface area contributed by atoms with Gasteiger partial charge in [0.1, 0.15) is 0 Å². The molecule has 0 aromatic heterocycles. The first-order valence-electron chi connectivity index (χ1n) is 7.78.